The lowest BCUT2D eigenvalue weighted by Crippen LogP contribution is -2.52. The lowest BCUT2D eigenvalue weighted by atomic mass is 9.80. The molecular formula is C30H35FN2O9. The van der Waals surface area contributed by atoms with E-state index in [1.165, 1.54) is 35.6 Å². The van der Waals surface area contributed by atoms with Crippen molar-refractivity contribution in [1.29, 1.82) is 0 Å². The van der Waals surface area contributed by atoms with Crippen LogP contribution in [0.5, 0.6) is 0 Å². The van der Waals surface area contributed by atoms with Crippen LogP contribution in [-0.2, 0) is 31.3 Å². The summed E-state index contributed by atoms with van der Waals surface area (Å²) in [6.45, 7) is 8.15. The van der Waals surface area contributed by atoms with E-state index in [9.17, 15) is 23.6 Å². The molecule has 1 saturated heterocycles. The lowest BCUT2D eigenvalue weighted by molar-refractivity contribution is -0.170. The number of aliphatic hydroxyl groups is 1. The summed E-state index contributed by atoms with van der Waals surface area (Å²) in [6, 6.07) is 12.8. The summed E-state index contributed by atoms with van der Waals surface area (Å²) in [5, 5.41) is 38.1. The van der Waals surface area contributed by atoms with Gasteiger partial charge >= 0.3 is 17.9 Å². The van der Waals surface area contributed by atoms with Crippen LogP contribution in [-0.4, -0.2) is 67.8 Å². The molecule has 1 aliphatic heterocycles. The molecule has 0 atom stereocenters. The highest BCUT2D eigenvalue weighted by Crippen LogP contribution is 2.35. The highest BCUT2D eigenvalue weighted by Gasteiger charge is 2.41. The zero-order valence-electron chi connectivity index (χ0n) is 23.6. The van der Waals surface area contributed by atoms with Crippen molar-refractivity contribution in [3.05, 3.63) is 70.7 Å². The van der Waals surface area contributed by atoms with Crippen LogP contribution >= 0.6 is 0 Å². The Labute approximate surface area is 241 Å². The molecule has 0 radical (unpaired) electrons. The molecule has 226 valence electrons. The van der Waals surface area contributed by atoms with E-state index in [0.29, 0.717) is 0 Å². The molecule has 0 saturated carbocycles. The van der Waals surface area contributed by atoms with Crippen LogP contribution in [0.15, 0.2) is 46.9 Å². The maximum Gasteiger partial charge on any atom is 0.336 e. The molecule has 0 unspecified atom stereocenters. The lowest BCUT2D eigenvalue weighted by Gasteiger charge is -2.42. The number of furan rings is 1. The maximum absolute atomic E-state index is 13.4. The first-order chi connectivity index (χ1) is 19.6. The van der Waals surface area contributed by atoms with Crippen molar-refractivity contribution >= 4 is 34.8 Å². The van der Waals surface area contributed by atoms with Crippen molar-refractivity contribution in [1.82, 2.24) is 10.2 Å². The fourth-order valence-electron chi connectivity index (χ4n) is 5.14. The zero-order valence-corrected chi connectivity index (χ0v) is 23.6. The van der Waals surface area contributed by atoms with E-state index in [4.69, 9.17) is 24.8 Å². The minimum absolute atomic E-state index is 0.0636. The van der Waals surface area contributed by atoms with Crippen LogP contribution in [0.3, 0.4) is 0 Å². The van der Waals surface area contributed by atoms with Crippen molar-refractivity contribution in [2.75, 3.05) is 13.1 Å². The Morgan fingerprint density at radius 3 is 2.05 bits per heavy atom. The number of hydrogen-bond donors (Lipinski definition) is 5. The maximum atomic E-state index is 13.4. The van der Waals surface area contributed by atoms with Gasteiger partial charge in [-0.05, 0) is 62.1 Å². The number of rotatable bonds is 9. The minimum atomic E-state index is -2.74. The number of fused-ring (bicyclic) bond motifs is 1. The number of halogens is 1. The SMILES string of the molecule is CC(=O)NC1(c2ccc(F)cc2)CCN(Cc2oc3ccc(C)cc3c2C)CC1.O=C(O)CC(O)(CC(=O)O)C(=O)O. The van der Waals surface area contributed by atoms with E-state index in [0.717, 1.165) is 49.4 Å². The third-order valence-corrected chi connectivity index (χ3v) is 7.36. The van der Waals surface area contributed by atoms with Gasteiger partial charge in [-0.25, -0.2) is 9.18 Å². The highest BCUT2D eigenvalue weighted by molar-refractivity contribution is 5.88. The van der Waals surface area contributed by atoms with Gasteiger partial charge in [-0.1, -0.05) is 23.8 Å². The number of nitrogens with zero attached hydrogens (tertiary/aromatic N) is 1. The van der Waals surface area contributed by atoms with Gasteiger partial charge in [0.15, 0.2) is 5.60 Å². The van der Waals surface area contributed by atoms with E-state index in [2.05, 4.69) is 36.2 Å². The molecule has 0 aliphatic carbocycles. The zero-order chi connectivity index (χ0) is 31.2. The van der Waals surface area contributed by atoms with Crippen LogP contribution in [0, 0.1) is 19.7 Å². The van der Waals surface area contributed by atoms with Crippen molar-refractivity contribution < 1.29 is 48.4 Å². The van der Waals surface area contributed by atoms with Crippen LogP contribution < -0.4 is 5.32 Å². The van der Waals surface area contributed by atoms with Crippen LogP contribution in [0.4, 0.5) is 4.39 Å². The van der Waals surface area contributed by atoms with Crippen molar-refractivity contribution in [2.45, 2.75) is 64.1 Å². The van der Waals surface area contributed by atoms with E-state index in [1.54, 1.807) is 12.1 Å². The Balaban J connectivity index is 0.000000316. The first-order valence-electron chi connectivity index (χ1n) is 13.3. The average molecular weight is 587 g/mol. The summed E-state index contributed by atoms with van der Waals surface area (Å²) in [7, 11) is 0. The van der Waals surface area contributed by atoms with Gasteiger partial charge in [0, 0.05) is 25.4 Å². The van der Waals surface area contributed by atoms with Gasteiger partial charge in [-0.2, -0.15) is 0 Å². The fourth-order valence-corrected chi connectivity index (χ4v) is 5.14. The second-order valence-corrected chi connectivity index (χ2v) is 10.7. The third kappa shape index (κ3) is 7.92. The number of benzene rings is 2. The Hall–Kier alpha value is -4.29. The highest BCUT2D eigenvalue weighted by atomic mass is 19.1. The van der Waals surface area contributed by atoms with E-state index in [1.807, 2.05) is 6.07 Å². The normalized spacial score (nSPS) is 15.0. The van der Waals surface area contributed by atoms with E-state index in [-0.39, 0.29) is 11.7 Å². The summed E-state index contributed by atoms with van der Waals surface area (Å²) >= 11 is 0. The molecule has 2 heterocycles. The molecule has 5 N–H and O–H groups in total. The summed E-state index contributed by atoms with van der Waals surface area (Å²) in [6.07, 6.45) is -0.740. The third-order valence-electron chi connectivity index (χ3n) is 7.36. The summed E-state index contributed by atoms with van der Waals surface area (Å²) in [5.41, 5.74) is 1.13. The van der Waals surface area contributed by atoms with Crippen LogP contribution in [0.25, 0.3) is 11.0 Å². The van der Waals surface area contributed by atoms with Crippen molar-refractivity contribution in [3.8, 4) is 0 Å². The Bertz CT molecular complexity index is 1440. The van der Waals surface area contributed by atoms with Gasteiger partial charge in [-0.3, -0.25) is 19.3 Å². The number of hydrogen-bond acceptors (Lipinski definition) is 7. The molecular weight excluding hydrogens is 551 g/mol. The monoisotopic (exact) mass is 586 g/mol. The summed E-state index contributed by atoms with van der Waals surface area (Å²) in [5.74, 6) is -4.35. The Kier molecular flexibility index (Phi) is 10.1. The molecule has 42 heavy (non-hydrogen) atoms. The average Bonchev–Trinajstić information content (AvgIpc) is 3.19. The van der Waals surface area contributed by atoms with Gasteiger partial charge in [0.05, 0.1) is 24.9 Å². The van der Waals surface area contributed by atoms with Gasteiger partial charge in [-0.15, -0.1) is 0 Å². The van der Waals surface area contributed by atoms with Gasteiger partial charge < -0.3 is 30.2 Å². The first kappa shape index (κ1) is 32.2. The summed E-state index contributed by atoms with van der Waals surface area (Å²) in [4.78, 5) is 44.7. The quantitative estimate of drug-likeness (QED) is 0.249. The second-order valence-electron chi connectivity index (χ2n) is 10.7. The number of nitrogens with one attached hydrogen (secondary N) is 1. The molecule has 1 aromatic heterocycles. The largest absolute Gasteiger partial charge is 0.481 e. The van der Waals surface area contributed by atoms with E-state index >= 15 is 0 Å². The first-order valence-corrected chi connectivity index (χ1v) is 13.3. The molecule has 1 amide bonds. The number of aryl methyl sites for hydroxylation is 2. The van der Waals surface area contributed by atoms with Gasteiger partial charge in [0.2, 0.25) is 5.91 Å². The van der Waals surface area contributed by atoms with Crippen LogP contribution in [0.2, 0.25) is 0 Å². The fraction of sp³-hybridized carbons (Fsp3) is 0.400. The number of aliphatic carboxylic acids is 3. The molecule has 3 aromatic rings. The second kappa shape index (κ2) is 13.1. The van der Waals surface area contributed by atoms with Crippen molar-refractivity contribution in [2.24, 2.45) is 0 Å². The topological polar surface area (TPSA) is 178 Å². The number of carbonyl (C=O) groups is 4. The molecule has 11 nitrogen and oxygen atoms in total. The minimum Gasteiger partial charge on any atom is -0.481 e. The Morgan fingerprint density at radius 1 is 0.976 bits per heavy atom. The van der Waals surface area contributed by atoms with Gasteiger partial charge in [0.1, 0.15) is 17.2 Å². The standard InChI is InChI=1S/C24H27FN2O2.C6H8O7/c1-16-4-9-22-21(14-16)17(2)23(29-22)15-27-12-10-24(11-13-27,26-18(3)28)19-5-7-20(25)8-6-19;7-3(8)1-6(13,5(11)12)2-4(9)10/h4-9,14H,10-13,15H2,1-3H3,(H,26,28);13H,1-2H2,(H,7,8)(H,9,10)(H,11,12). The molecule has 2 aromatic carbocycles. The van der Waals surface area contributed by atoms with Crippen LogP contribution in [0.1, 0.15) is 55.1 Å². The number of amides is 1. The van der Waals surface area contributed by atoms with Gasteiger partial charge in [0.25, 0.3) is 0 Å². The van der Waals surface area contributed by atoms with Crippen molar-refractivity contribution in [3.63, 3.8) is 0 Å². The number of carboxylic acids is 3. The number of carbonyl (C=O) groups excluding carboxylic acids is 1. The molecule has 4 rings (SSSR count). The smallest absolute Gasteiger partial charge is 0.336 e. The summed E-state index contributed by atoms with van der Waals surface area (Å²) < 4.78 is 19.5. The number of likely N-dealkylation sites (tertiary alicyclic amines) is 1. The predicted molar refractivity (Wildman–Crippen MR) is 149 cm³/mol. The number of carboxylic acid groups (broad SMARTS) is 3. The number of piperidine rings is 1. The molecule has 12 heteroatoms. The molecule has 1 fully saturated rings. The molecule has 0 bridgehead atoms. The Morgan fingerprint density at radius 2 is 1.55 bits per heavy atom. The molecule has 0 spiro atoms. The van der Waals surface area contributed by atoms with E-state index < -0.39 is 41.9 Å². The molecule has 1 aliphatic rings. The predicted octanol–water partition coefficient (Wildman–Crippen LogP) is 3.57.